The molecule has 0 aliphatic rings. The molecular formula is C15H12Cl2N2. The quantitative estimate of drug-likeness (QED) is 0.619. The lowest BCUT2D eigenvalue weighted by molar-refractivity contribution is 0.966. The Labute approximate surface area is 121 Å². The monoisotopic (exact) mass is 290 g/mol. The van der Waals surface area contributed by atoms with Crippen LogP contribution in [0, 0.1) is 6.92 Å². The summed E-state index contributed by atoms with van der Waals surface area (Å²) in [6.07, 6.45) is 0. The van der Waals surface area contributed by atoms with Gasteiger partial charge in [-0.15, -0.1) is 0 Å². The molecule has 0 fully saturated rings. The second kappa shape index (κ2) is 4.87. The summed E-state index contributed by atoms with van der Waals surface area (Å²) in [4.78, 5) is 3.85. The average Bonchev–Trinajstić information content (AvgIpc) is 2.79. The number of rotatable bonds is 2. The standard InChI is InChI=1S/C15H12Cl2N2/c1-10-6-8-11(9-7-10)19-13-5-3-2-4-12(13)18-15(19)14(16)17/h2-9,14H,1H3. The summed E-state index contributed by atoms with van der Waals surface area (Å²) < 4.78 is 2.00. The van der Waals surface area contributed by atoms with Gasteiger partial charge in [-0.3, -0.25) is 4.57 Å². The third-order valence-electron chi connectivity index (χ3n) is 3.07. The van der Waals surface area contributed by atoms with Crippen LogP contribution in [0.2, 0.25) is 0 Å². The molecule has 0 saturated heterocycles. The van der Waals surface area contributed by atoms with E-state index < -0.39 is 4.84 Å². The predicted molar refractivity (Wildman–Crippen MR) is 80.3 cm³/mol. The first-order valence-electron chi connectivity index (χ1n) is 5.99. The zero-order valence-electron chi connectivity index (χ0n) is 10.3. The molecule has 0 N–H and O–H groups in total. The summed E-state index contributed by atoms with van der Waals surface area (Å²) >= 11 is 12.1. The van der Waals surface area contributed by atoms with E-state index in [1.54, 1.807) is 0 Å². The van der Waals surface area contributed by atoms with E-state index in [4.69, 9.17) is 23.2 Å². The maximum Gasteiger partial charge on any atom is 0.165 e. The van der Waals surface area contributed by atoms with Crippen LogP contribution in [0.3, 0.4) is 0 Å². The molecule has 0 spiro atoms. The minimum atomic E-state index is -0.659. The topological polar surface area (TPSA) is 17.8 Å². The second-order valence-electron chi connectivity index (χ2n) is 4.43. The smallest absolute Gasteiger partial charge is 0.165 e. The molecule has 1 heterocycles. The average molecular weight is 291 g/mol. The molecule has 2 nitrogen and oxygen atoms in total. The fourth-order valence-electron chi connectivity index (χ4n) is 2.16. The van der Waals surface area contributed by atoms with Gasteiger partial charge in [0.15, 0.2) is 4.84 Å². The van der Waals surface area contributed by atoms with Crippen LogP contribution in [0.5, 0.6) is 0 Å². The first-order chi connectivity index (χ1) is 9.16. The van der Waals surface area contributed by atoms with Gasteiger partial charge in [0.1, 0.15) is 5.82 Å². The normalized spacial score (nSPS) is 11.4. The summed E-state index contributed by atoms with van der Waals surface area (Å²) in [5.74, 6) is 0.647. The number of para-hydroxylation sites is 2. The summed E-state index contributed by atoms with van der Waals surface area (Å²) in [5, 5.41) is 0. The molecule has 0 aliphatic carbocycles. The number of hydrogen-bond donors (Lipinski definition) is 0. The van der Waals surface area contributed by atoms with E-state index in [9.17, 15) is 0 Å². The van der Waals surface area contributed by atoms with Gasteiger partial charge in [0.05, 0.1) is 11.0 Å². The van der Waals surface area contributed by atoms with Crippen molar-refractivity contribution in [3.8, 4) is 5.69 Å². The number of alkyl halides is 2. The van der Waals surface area contributed by atoms with Gasteiger partial charge in [-0.25, -0.2) is 4.98 Å². The van der Waals surface area contributed by atoms with Gasteiger partial charge in [0, 0.05) is 5.69 Å². The van der Waals surface area contributed by atoms with E-state index in [-0.39, 0.29) is 0 Å². The van der Waals surface area contributed by atoms with Crippen molar-refractivity contribution in [1.29, 1.82) is 0 Å². The molecular weight excluding hydrogens is 279 g/mol. The molecule has 3 rings (SSSR count). The Balaban J connectivity index is 2.31. The highest BCUT2D eigenvalue weighted by Gasteiger charge is 2.17. The summed E-state index contributed by atoms with van der Waals surface area (Å²) in [6, 6.07) is 16.1. The molecule has 0 unspecified atom stereocenters. The van der Waals surface area contributed by atoms with Gasteiger partial charge < -0.3 is 0 Å². The van der Waals surface area contributed by atoms with E-state index >= 15 is 0 Å². The largest absolute Gasteiger partial charge is 0.294 e. The van der Waals surface area contributed by atoms with Crippen LogP contribution >= 0.6 is 23.2 Å². The van der Waals surface area contributed by atoms with Crippen LogP contribution in [0.25, 0.3) is 16.7 Å². The molecule has 3 aromatic rings. The third-order valence-corrected chi connectivity index (χ3v) is 3.46. The maximum absolute atomic E-state index is 6.04. The lowest BCUT2D eigenvalue weighted by atomic mass is 10.2. The van der Waals surface area contributed by atoms with E-state index in [1.807, 2.05) is 41.0 Å². The Morgan fingerprint density at radius 2 is 1.68 bits per heavy atom. The Morgan fingerprint density at radius 1 is 1.00 bits per heavy atom. The lowest BCUT2D eigenvalue weighted by Gasteiger charge is -2.10. The number of benzene rings is 2. The number of fused-ring (bicyclic) bond motifs is 1. The molecule has 4 heteroatoms. The van der Waals surface area contributed by atoms with Crippen LogP contribution in [0.15, 0.2) is 48.5 Å². The van der Waals surface area contributed by atoms with Crippen molar-refractivity contribution in [2.75, 3.05) is 0 Å². The third kappa shape index (κ3) is 2.22. The Bertz CT molecular complexity index is 715. The van der Waals surface area contributed by atoms with Crippen LogP contribution in [0.1, 0.15) is 16.2 Å². The van der Waals surface area contributed by atoms with Gasteiger partial charge in [-0.2, -0.15) is 0 Å². The molecule has 19 heavy (non-hydrogen) atoms. The fraction of sp³-hybridized carbons (Fsp3) is 0.133. The van der Waals surface area contributed by atoms with Gasteiger partial charge >= 0.3 is 0 Å². The van der Waals surface area contributed by atoms with Crippen LogP contribution in [0.4, 0.5) is 0 Å². The molecule has 0 atom stereocenters. The number of aromatic nitrogens is 2. The minimum absolute atomic E-state index is 0.647. The minimum Gasteiger partial charge on any atom is -0.294 e. The second-order valence-corrected chi connectivity index (χ2v) is 5.53. The van der Waals surface area contributed by atoms with Crippen LogP contribution in [-0.2, 0) is 0 Å². The number of imidazole rings is 1. The van der Waals surface area contributed by atoms with E-state index in [0.717, 1.165) is 16.7 Å². The number of halogens is 2. The highest BCUT2D eigenvalue weighted by atomic mass is 35.5. The first kappa shape index (κ1) is 12.5. The number of aryl methyl sites for hydroxylation is 1. The van der Waals surface area contributed by atoms with E-state index in [0.29, 0.717) is 5.82 Å². The Hall–Kier alpha value is -1.51. The van der Waals surface area contributed by atoms with Crippen LogP contribution < -0.4 is 0 Å². The van der Waals surface area contributed by atoms with E-state index in [1.165, 1.54) is 5.56 Å². The van der Waals surface area contributed by atoms with Crippen LogP contribution in [-0.4, -0.2) is 9.55 Å². The highest BCUT2D eigenvalue weighted by Crippen LogP contribution is 2.30. The molecule has 96 valence electrons. The van der Waals surface area contributed by atoms with Gasteiger partial charge in [-0.05, 0) is 31.2 Å². The van der Waals surface area contributed by atoms with Crippen molar-refractivity contribution >= 4 is 34.2 Å². The summed E-state index contributed by atoms with van der Waals surface area (Å²) in [5.41, 5.74) is 4.13. The maximum atomic E-state index is 6.04. The molecule has 1 aromatic heterocycles. The number of hydrogen-bond acceptors (Lipinski definition) is 1. The Kier molecular flexibility index (Phi) is 3.21. The number of nitrogens with zero attached hydrogens (tertiary/aromatic N) is 2. The zero-order valence-corrected chi connectivity index (χ0v) is 11.9. The lowest BCUT2D eigenvalue weighted by Crippen LogP contribution is -2.00. The fourth-order valence-corrected chi connectivity index (χ4v) is 2.45. The van der Waals surface area contributed by atoms with Crippen molar-refractivity contribution in [3.05, 3.63) is 59.9 Å². The van der Waals surface area contributed by atoms with Crippen molar-refractivity contribution in [3.63, 3.8) is 0 Å². The first-order valence-corrected chi connectivity index (χ1v) is 6.86. The van der Waals surface area contributed by atoms with Crippen molar-refractivity contribution < 1.29 is 0 Å². The SMILES string of the molecule is Cc1ccc(-n2c(C(Cl)Cl)nc3ccccc32)cc1. The van der Waals surface area contributed by atoms with E-state index in [2.05, 4.69) is 24.0 Å². The van der Waals surface area contributed by atoms with Crippen molar-refractivity contribution in [1.82, 2.24) is 9.55 Å². The molecule has 2 aromatic carbocycles. The van der Waals surface area contributed by atoms with Gasteiger partial charge in [0.2, 0.25) is 0 Å². The van der Waals surface area contributed by atoms with Crippen molar-refractivity contribution in [2.24, 2.45) is 0 Å². The predicted octanol–water partition coefficient (Wildman–Crippen LogP) is 4.81. The summed E-state index contributed by atoms with van der Waals surface area (Å²) in [7, 11) is 0. The summed E-state index contributed by atoms with van der Waals surface area (Å²) in [6.45, 7) is 2.06. The molecule has 0 saturated carbocycles. The Morgan fingerprint density at radius 3 is 2.37 bits per heavy atom. The van der Waals surface area contributed by atoms with Crippen molar-refractivity contribution in [2.45, 2.75) is 11.8 Å². The molecule has 0 amide bonds. The molecule has 0 bridgehead atoms. The highest BCUT2D eigenvalue weighted by molar-refractivity contribution is 6.43. The van der Waals surface area contributed by atoms with Gasteiger partial charge in [0.25, 0.3) is 0 Å². The molecule has 0 aliphatic heterocycles. The molecule has 0 radical (unpaired) electrons. The zero-order chi connectivity index (χ0) is 13.4. The van der Waals surface area contributed by atoms with Gasteiger partial charge in [-0.1, -0.05) is 53.0 Å².